The molecule has 2 aromatic carbocycles. The molecule has 2 N–H and O–H groups in total. The van der Waals surface area contributed by atoms with E-state index in [0.29, 0.717) is 5.69 Å². The van der Waals surface area contributed by atoms with Crippen LogP contribution in [0.2, 0.25) is 0 Å². The van der Waals surface area contributed by atoms with Gasteiger partial charge >= 0.3 is 11.8 Å². The molecule has 0 fully saturated rings. The van der Waals surface area contributed by atoms with Gasteiger partial charge in [0.1, 0.15) is 0 Å². The van der Waals surface area contributed by atoms with Crippen LogP contribution in [0.5, 0.6) is 0 Å². The maximum absolute atomic E-state index is 11.9. The second kappa shape index (κ2) is 8.24. The van der Waals surface area contributed by atoms with E-state index in [4.69, 9.17) is 0 Å². The highest BCUT2D eigenvalue weighted by atomic mass is 79.9. The molecule has 0 bridgehead atoms. The predicted octanol–water partition coefficient (Wildman–Crippen LogP) is 3.10. The Bertz CT molecular complexity index is 727. The molecular formula is C17H16BrN3O2. The van der Waals surface area contributed by atoms with Gasteiger partial charge in [-0.15, -0.1) is 0 Å². The Morgan fingerprint density at radius 3 is 2.48 bits per heavy atom. The van der Waals surface area contributed by atoms with Crippen molar-refractivity contribution < 1.29 is 9.59 Å². The van der Waals surface area contributed by atoms with Gasteiger partial charge in [0.25, 0.3) is 0 Å². The van der Waals surface area contributed by atoms with Crippen LogP contribution in [-0.4, -0.2) is 18.0 Å². The van der Waals surface area contributed by atoms with Gasteiger partial charge in [0, 0.05) is 10.2 Å². The summed E-state index contributed by atoms with van der Waals surface area (Å²) >= 11 is 3.33. The summed E-state index contributed by atoms with van der Waals surface area (Å²) < 4.78 is 0.952. The highest BCUT2D eigenvalue weighted by molar-refractivity contribution is 9.10. The number of nitrogens with one attached hydrogen (secondary N) is 2. The first kappa shape index (κ1) is 16.9. The SMILES string of the molecule is CCc1ccccc1NC(=O)C(=O)N/N=C/c1ccc(Br)cc1. The number of hydrogen-bond acceptors (Lipinski definition) is 3. The molecule has 0 radical (unpaired) electrons. The number of hydrazone groups is 1. The lowest BCUT2D eigenvalue weighted by molar-refractivity contribution is -0.136. The molecule has 23 heavy (non-hydrogen) atoms. The number of rotatable bonds is 4. The number of hydrogen-bond donors (Lipinski definition) is 2. The van der Waals surface area contributed by atoms with Gasteiger partial charge in [0.2, 0.25) is 0 Å². The van der Waals surface area contributed by atoms with Crippen molar-refractivity contribution in [1.29, 1.82) is 0 Å². The molecule has 0 aliphatic rings. The Hall–Kier alpha value is -2.47. The van der Waals surface area contributed by atoms with E-state index in [-0.39, 0.29) is 0 Å². The number of anilines is 1. The molecule has 0 unspecified atom stereocenters. The van der Waals surface area contributed by atoms with Crippen molar-refractivity contribution in [3.8, 4) is 0 Å². The Labute approximate surface area is 142 Å². The Morgan fingerprint density at radius 1 is 1.09 bits per heavy atom. The molecule has 2 rings (SSSR count). The number of benzene rings is 2. The average molecular weight is 374 g/mol. The third-order valence-corrected chi connectivity index (χ3v) is 3.63. The quantitative estimate of drug-likeness (QED) is 0.491. The minimum atomic E-state index is -0.815. The fourth-order valence-electron chi connectivity index (χ4n) is 1.89. The van der Waals surface area contributed by atoms with Gasteiger partial charge in [-0.2, -0.15) is 5.10 Å². The van der Waals surface area contributed by atoms with Crippen molar-refractivity contribution >= 4 is 39.6 Å². The monoisotopic (exact) mass is 373 g/mol. The summed E-state index contributed by atoms with van der Waals surface area (Å²) in [4.78, 5) is 23.6. The summed E-state index contributed by atoms with van der Waals surface area (Å²) in [5.74, 6) is -1.57. The number of para-hydroxylation sites is 1. The number of halogens is 1. The molecule has 0 atom stereocenters. The molecule has 0 saturated heterocycles. The van der Waals surface area contributed by atoms with Crippen LogP contribution in [0, 0.1) is 0 Å². The predicted molar refractivity (Wildman–Crippen MR) is 94.3 cm³/mol. The van der Waals surface area contributed by atoms with Crippen LogP contribution >= 0.6 is 15.9 Å². The van der Waals surface area contributed by atoms with E-state index >= 15 is 0 Å². The summed E-state index contributed by atoms with van der Waals surface area (Å²) in [5.41, 5.74) is 4.62. The Morgan fingerprint density at radius 2 is 1.78 bits per heavy atom. The van der Waals surface area contributed by atoms with E-state index in [1.807, 2.05) is 43.3 Å². The summed E-state index contributed by atoms with van der Waals surface area (Å²) in [6.07, 6.45) is 2.23. The first-order valence-electron chi connectivity index (χ1n) is 7.08. The van der Waals surface area contributed by atoms with Crippen LogP contribution in [0.15, 0.2) is 58.1 Å². The largest absolute Gasteiger partial charge is 0.329 e. The molecule has 5 nitrogen and oxygen atoms in total. The van der Waals surface area contributed by atoms with Crippen LogP contribution in [0.25, 0.3) is 0 Å². The molecule has 0 saturated carbocycles. The normalized spacial score (nSPS) is 10.5. The second-order valence-corrected chi connectivity index (χ2v) is 5.63. The summed E-state index contributed by atoms with van der Waals surface area (Å²) in [7, 11) is 0. The summed E-state index contributed by atoms with van der Waals surface area (Å²) in [6.45, 7) is 1.98. The van der Waals surface area contributed by atoms with Crippen molar-refractivity contribution in [3.63, 3.8) is 0 Å². The summed E-state index contributed by atoms with van der Waals surface area (Å²) in [6, 6.07) is 14.7. The fraction of sp³-hybridized carbons (Fsp3) is 0.118. The fourth-order valence-corrected chi connectivity index (χ4v) is 2.16. The molecule has 0 heterocycles. The van der Waals surface area contributed by atoms with Crippen molar-refractivity contribution in [1.82, 2.24) is 5.43 Å². The highest BCUT2D eigenvalue weighted by Crippen LogP contribution is 2.15. The van der Waals surface area contributed by atoms with E-state index < -0.39 is 11.8 Å². The third-order valence-electron chi connectivity index (χ3n) is 3.10. The Kier molecular flexibility index (Phi) is 6.05. The zero-order valence-electron chi connectivity index (χ0n) is 12.5. The number of carbonyl (C=O) groups excluding carboxylic acids is 2. The highest BCUT2D eigenvalue weighted by Gasteiger charge is 2.14. The average Bonchev–Trinajstić information content (AvgIpc) is 2.57. The zero-order chi connectivity index (χ0) is 16.7. The van der Waals surface area contributed by atoms with Crippen molar-refractivity contribution in [2.24, 2.45) is 5.10 Å². The van der Waals surface area contributed by atoms with Gasteiger partial charge in [0.05, 0.1) is 6.21 Å². The van der Waals surface area contributed by atoms with Crippen molar-refractivity contribution in [3.05, 3.63) is 64.1 Å². The van der Waals surface area contributed by atoms with Crippen LogP contribution in [-0.2, 0) is 16.0 Å². The molecule has 2 amide bonds. The van der Waals surface area contributed by atoms with E-state index in [2.05, 4.69) is 31.8 Å². The minimum absolute atomic E-state index is 0.632. The van der Waals surface area contributed by atoms with E-state index in [1.54, 1.807) is 12.1 Å². The van der Waals surface area contributed by atoms with Crippen molar-refractivity contribution in [2.75, 3.05) is 5.32 Å². The molecule has 0 spiro atoms. The lowest BCUT2D eigenvalue weighted by Crippen LogP contribution is -2.32. The van der Waals surface area contributed by atoms with Gasteiger partial charge in [-0.1, -0.05) is 53.2 Å². The second-order valence-electron chi connectivity index (χ2n) is 4.72. The Balaban J connectivity index is 1.92. The zero-order valence-corrected chi connectivity index (χ0v) is 14.1. The van der Waals surface area contributed by atoms with E-state index in [0.717, 1.165) is 22.0 Å². The van der Waals surface area contributed by atoms with E-state index in [9.17, 15) is 9.59 Å². The first-order valence-corrected chi connectivity index (χ1v) is 7.87. The molecule has 0 aromatic heterocycles. The molecule has 6 heteroatoms. The molecule has 118 valence electrons. The topological polar surface area (TPSA) is 70.6 Å². The van der Waals surface area contributed by atoms with Crippen LogP contribution in [0.1, 0.15) is 18.1 Å². The molecular weight excluding hydrogens is 358 g/mol. The van der Waals surface area contributed by atoms with Crippen LogP contribution in [0.3, 0.4) is 0 Å². The van der Waals surface area contributed by atoms with E-state index in [1.165, 1.54) is 6.21 Å². The number of carbonyl (C=O) groups is 2. The number of aryl methyl sites for hydroxylation is 1. The minimum Gasteiger partial charge on any atom is -0.317 e. The van der Waals surface area contributed by atoms with Gasteiger partial charge in [-0.3, -0.25) is 9.59 Å². The summed E-state index contributed by atoms with van der Waals surface area (Å²) in [5, 5.41) is 6.36. The third kappa shape index (κ3) is 5.03. The molecule has 0 aliphatic carbocycles. The molecule has 2 aromatic rings. The lowest BCUT2D eigenvalue weighted by Gasteiger charge is -2.08. The number of nitrogens with zero attached hydrogens (tertiary/aromatic N) is 1. The van der Waals surface area contributed by atoms with Crippen molar-refractivity contribution in [2.45, 2.75) is 13.3 Å². The first-order chi connectivity index (χ1) is 11.1. The smallest absolute Gasteiger partial charge is 0.317 e. The standard InChI is InChI=1S/C17H16BrN3O2/c1-2-13-5-3-4-6-15(13)20-16(22)17(23)21-19-11-12-7-9-14(18)10-8-12/h3-11H,2H2,1H3,(H,20,22)(H,21,23)/b19-11+. The van der Waals surface area contributed by atoms with Crippen LogP contribution in [0.4, 0.5) is 5.69 Å². The van der Waals surface area contributed by atoms with Gasteiger partial charge < -0.3 is 5.32 Å². The van der Waals surface area contributed by atoms with Gasteiger partial charge in [-0.05, 0) is 35.7 Å². The maximum Gasteiger partial charge on any atom is 0.329 e. The van der Waals surface area contributed by atoms with Gasteiger partial charge in [-0.25, -0.2) is 5.43 Å². The lowest BCUT2D eigenvalue weighted by atomic mass is 10.1. The number of amides is 2. The van der Waals surface area contributed by atoms with Crippen LogP contribution < -0.4 is 10.7 Å². The van der Waals surface area contributed by atoms with Gasteiger partial charge in [0.15, 0.2) is 0 Å². The maximum atomic E-state index is 11.9. The molecule has 0 aliphatic heterocycles.